The summed E-state index contributed by atoms with van der Waals surface area (Å²) < 4.78 is 65.0. The predicted molar refractivity (Wildman–Crippen MR) is 163 cm³/mol. The van der Waals surface area contributed by atoms with Crippen LogP contribution in [0.4, 0.5) is 11.4 Å². The molecule has 0 unspecified atom stereocenters. The van der Waals surface area contributed by atoms with Crippen LogP contribution in [0, 0.1) is 0 Å². The third-order valence-corrected chi connectivity index (χ3v) is 9.83. The van der Waals surface area contributed by atoms with Gasteiger partial charge in [0.25, 0.3) is 20.0 Å². The molecule has 6 aromatic carbocycles. The van der Waals surface area contributed by atoms with E-state index in [1.165, 1.54) is 24.3 Å². The number of hydrogen-bond donors (Lipinski definition) is 2. The Morgan fingerprint density at radius 1 is 0.439 bits per heavy atom. The summed E-state index contributed by atoms with van der Waals surface area (Å²) in [5.41, 5.74) is 1.82. The van der Waals surface area contributed by atoms with E-state index in [4.69, 9.17) is 4.42 Å². The number of rotatable bonds is 6. The van der Waals surface area contributed by atoms with Crippen LogP contribution < -0.4 is 9.44 Å². The Bertz CT molecular complexity index is 2190. The molecule has 9 heteroatoms. The van der Waals surface area contributed by atoms with Crippen molar-refractivity contribution >= 4 is 74.9 Å². The third kappa shape index (κ3) is 4.45. The molecule has 41 heavy (non-hydrogen) atoms. The first-order valence-electron chi connectivity index (χ1n) is 12.8. The first-order chi connectivity index (χ1) is 19.8. The maximum Gasteiger partial charge on any atom is 0.261 e. The zero-order valence-electron chi connectivity index (χ0n) is 21.4. The van der Waals surface area contributed by atoms with Gasteiger partial charge in [0.1, 0.15) is 11.2 Å². The summed E-state index contributed by atoms with van der Waals surface area (Å²) in [5, 5.41) is 4.36. The summed E-state index contributed by atoms with van der Waals surface area (Å²) in [6, 6.07) is 35.0. The standard InChI is InChI=1S/C32H22N2O5S2/c35-40(36,33-29-13-5-9-21-7-1-3-11-25(21)29)23-15-17-31-27(19-23)28-20-24(16-18-32(28)39-31)41(37,38)34-30-14-6-10-22-8-2-4-12-26(22)30/h1-20,33-34H. The second-order valence-corrected chi connectivity index (χ2v) is 13.0. The van der Waals surface area contributed by atoms with Crippen LogP contribution in [-0.4, -0.2) is 16.8 Å². The molecule has 0 bridgehead atoms. The minimum atomic E-state index is -3.97. The second-order valence-electron chi connectivity index (χ2n) is 9.68. The lowest BCUT2D eigenvalue weighted by atomic mass is 10.1. The van der Waals surface area contributed by atoms with Crippen molar-refractivity contribution < 1.29 is 21.3 Å². The monoisotopic (exact) mass is 578 g/mol. The maximum absolute atomic E-state index is 13.4. The highest BCUT2D eigenvalue weighted by atomic mass is 32.2. The molecular weight excluding hydrogens is 556 g/mol. The largest absolute Gasteiger partial charge is 0.456 e. The van der Waals surface area contributed by atoms with Crippen LogP contribution in [0.3, 0.4) is 0 Å². The van der Waals surface area contributed by atoms with Gasteiger partial charge in [-0.15, -0.1) is 0 Å². The number of hydrogen-bond acceptors (Lipinski definition) is 5. The molecule has 0 aliphatic carbocycles. The molecule has 0 spiro atoms. The Morgan fingerprint density at radius 3 is 1.32 bits per heavy atom. The van der Waals surface area contributed by atoms with Crippen molar-refractivity contribution in [3.05, 3.63) is 121 Å². The summed E-state index contributed by atoms with van der Waals surface area (Å²) in [6.07, 6.45) is 0. The van der Waals surface area contributed by atoms with Crippen molar-refractivity contribution in [1.82, 2.24) is 0 Å². The average molecular weight is 579 g/mol. The Hall–Kier alpha value is -4.86. The molecule has 1 aromatic heterocycles. The topological polar surface area (TPSA) is 105 Å². The summed E-state index contributed by atoms with van der Waals surface area (Å²) >= 11 is 0. The van der Waals surface area contributed by atoms with Crippen LogP contribution in [0.5, 0.6) is 0 Å². The van der Waals surface area contributed by atoms with Crippen LogP contribution in [0.2, 0.25) is 0 Å². The first-order valence-corrected chi connectivity index (χ1v) is 15.7. The van der Waals surface area contributed by atoms with E-state index in [1.807, 2.05) is 60.7 Å². The molecule has 7 rings (SSSR count). The van der Waals surface area contributed by atoms with Gasteiger partial charge in [-0.3, -0.25) is 9.44 Å². The number of fused-ring (bicyclic) bond motifs is 5. The molecule has 0 aliphatic rings. The lowest BCUT2D eigenvalue weighted by Gasteiger charge is -2.11. The van der Waals surface area contributed by atoms with E-state index in [1.54, 1.807) is 36.4 Å². The molecule has 0 saturated heterocycles. The van der Waals surface area contributed by atoms with E-state index in [0.717, 1.165) is 21.5 Å². The molecule has 0 aliphatic heterocycles. The molecule has 0 amide bonds. The van der Waals surface area contributed by atoms with E-state index < -0.39 is 20.0 Å². The number of benzene rings is 6. The van der Waals surface area contributed by atoms with Gasteiger partial charge in [-0.1, -0.05) is 72.8 Å². The summed E-state index contributed by atoms with van der Waals surface area (Å²) in [5.74, 6) is 0. The molecule has 0 fully saturated rings. The van der Waals surface area contributed by atoms with Gasteiger partial charge in [0.15, 0.2) is 0 Å². The molecule has 202 valence electrons. The van der Waals surface area contributed by atoms with Crippen LogP contribution in [-0.2, 0) is 20.0 Å². The maximum atomic E-state index is 13.4. The zero-order chi connectivity index (χ0) is 28.2. The lowest BCUT2D eigenvalue weighted by molar-refractivity contribution is 0.599. The normalized spacial score (nSPS) is 12.3. The van der Waals surface area contributed by atoms with Crippen molar-refractivity contribution in [1.29, 1.82) is 0 Å². The van der Waals surface area contributed by atoms with Crippen LogP contribution in [0.15, 0.2) is 136 Å². The van der Waals surface area contributed by atoms with Crippen molar-refractivity contribution in [3.8, 4) is 0 Å². The molecule has 1 heterocycles. The van der Waals surface area contributed by atoms with E-state index in [-0.39, 0.29) is 9.79 Å². The van der Waals surface area contributed by atoms with Crippen molar-refractivity contribution in [2.45, 2.75) is 9.79 Å². The van der Waals surface area contributed by atoms with Crippen LogP contribution in [0.25, 0.3) is 43.5 Å². The molecule has 7 aromatic rings. The van der Waals surface area contributed by atoms with Gasteiger partial charge in [0, 0.05) is 21.5 Å². The minimum Gasteiger partial charge on any atom is -0.456 e. The van der Waals surface area contributed by atoms with Crippen molar-refractivity contribution in [3.63, 3.8) is 0 Å². The fourth-order valence-electron chi connectivity index (χ4n) is 5.11. The van der Waals surface area contributed by atoms with Gasteiger partial charge in [-0.2, -0.15) is 0 Å². The molecular formula is C32H22N2O5S2. The quantitative estimate of drug-likeness (QED) is 0.213. The molecule has 7 nitrogen and oxygen atoms in total. The molecule has 2 N–H and O–H groups in total. The van der Waals surface area contributed by atoms with E-state index >= 15 is 0 Å². The van der Waals surface area contributed by atoms with Crippen molar-refractivity contribution in [2.24, 2.45) is 0 Å². The highest BCUT2D eigenvalue weighted by molar-refractivity contribution is 7.93. The molecule has 0 atom stereocenters. The Kier molecular flexibility index (Phi) is 5.74. The van der Waals surface area contributed by atoms with Crippen molar-refractivity contribution in [2.75, 3.05) is 9.44 Å². The molecule has 0 saturated carbocycles. The van der Waals surface area contributed by atoms with Crippen LogP contribution >= 0.6 is 0 Å². The van der Waals surface area contributed by atoms with E-state index in [2.05, 4.69) is 9.44 Å². The number of nitrogens with one attached hydrogen (secondary N) is 2. The summed E-state index contributed by atoms with van der Waals surface area (Å²) in [7, 11) is -7.93. The predicted octanol–water partition coefficient (Wildman–Crippen LogP) is 7.49. The second kappa shape index (κ2) is 9.36. The smallest absolute Gasteiger partial charge is 0.261 e. The SMILES string of the molecule is O=S(=O)(Nc1cccc2ccccc12)c1ccc2oc3ccc(S(=O)(=O)Nc4cccc5ccccc45)cc3c2c1. The first kappa shape index (κ1) is 25.1. The minimum absolute atomic E-state index is 0.0303. The van der Waals surface area contributed by atoms with E-state index in [9.17, 15) is 16.8 Å². The fraction of sp³-hybridized carbons (Fsp3) is 0. The molecule has 0 radical (unpaired) electrons. The van der Waals surface area contributed by atoms with Gasteiger partial charge in [0.2, 0.25) is 0 Å². The number of anilines is 2. The number of furan rings is 1. The van der Waals surface area contributed by atoms with Gasteiger partial charge in [-0.05, 0) is 59.3 Å². The summed E-state index contributed by atoms with van der Waals surface area (Å²) in [6.45, 7) is 0. The Labute approximate surface area is 236 Å². The Morgan fingerprint density at radius 2 is 0.854 bits per heavy atom. The third-order valence-electron chi connectivity index (χ3n) is 7.10. The van der Waals surface area contributed by atoms with Crippen LogP contribution in [0.1, 0.15) is 0 Å². The summed E-state index contributed by atoms with van der Waals surface area (Å²) in [4.78, 5) is 0.0607. The fourth-order valence-corrected chi connectivity index (χ4v) is 7.32. The van der Waals surface area contributed by atoms with Gasteiger partial charge >= 0.3 is 0 Å². The number of sulfonamides is 2. The van der Waals surface area contributed by atoms with Gasteiger partial charge in [-0.25, -0.2) is 16.8 Å². The van der Waals surface area contributed by atoms with E-state index in [0.29, 0.717) is 33.3 Å². The zero-order valence-corrected chi connectivity index (χ0v) is 23.0. The van der Waals surface area contributed by atoms with Gasteiger partial charge in [0.05, 0.1) is 21.2 Å². The highest BCUT2D eigenvalue weighted by Gasteiger charge is 2.21. The lowest BCUT2D eigenvalue weighted by Crippen LogP contribution is -2.13. The highest BCUT2D eigenvalue weighted by Crippen LogP contribution is 2.34. The average Bonchev–Trinajstić information content (AvgIpc) is 3.35. The van der Waals surface area contributed by atoms with Gasteiger partial charge < -0.3 is 4.42 Å². The Balaban J connectivity index is 1.28.